The molecule has 0 bridgehead atoms. The van der Waals surface area contributed by atoms with E-state index in [1.54, 1.807) is 0 Å². The summed E-state index contributed by atoms with van der Waals surface area (Å²) in [7, 11) is 0. The monoisotopic (exact) mass is 212 g/mol. The Hall–Kier alpha value is -0.570. The molecule has 2 unspecified atom stereocenters. The minimum Gasteiger partial charge on any atom is -0.353 e. The molecule has 1 aliphatic carbocycles. The van der Waals surface area contributed by atoms with E-state index in [-0.39, 0.29) is 5.91 Å². The Labute approximate surface area is 92.8 Å². The molecule has 1 fully saturated rings. The van der Waals surface area contributed by atoms with Gasteiger partial charge in [-0.3, -0.25) is 4.79 Å². The van der Waals surface area contributed by atoms with Crippen LogP contribution < -0.4 is 11.1 Å². The smallest absolute Gasteiger partial charge is 0.227 e. The molecule has 0 radical (unpaired) electrons. The molecular formula is C12H24N2O. The number of hydrogen-bond acceptors (Lipinski definition) is 2. The lowest BCUT2D eigenvalue weighted by atomic mass is 9.86. The summed E-state index contributed by atoms with van der Waals surface area (Å²) in [6.07, 6.45) is 4.59. The van der Waals surface area contributed by atoms with E-state index in [1.807, 2.05) is 13.8 Å². The van der Waals surface area contributed by atoms with Crippen molar-refractivity contribution in [3.05, 3.63) is 0 Å². The van der Waals surface area contributed by atoms with Crippen LogP contribution in [0.2, 0.25) is 0 Å². The first kappa shape index (κ1) is 12.5. The third-order valence-corrected chi connectivity index (χ3v) is 3.54. The molecule has 1 rings (SSSR count). The molecule has 0 aromatic heterocycles. The molecule has 0 aromatic rings. The zero-order chi connectivity index (χ0) is 11.5. The van der Waals surface area contributed by atoms with Gasteiger partial charge in [0.1, 0.15) is 0 Å². The van der Waals surface area contributed by atoms with Crippen molar-refractivity contribution < 1.29 is 4.79 Å². The average Bonchev–Trinajstić information content (AvgIpc) is 3.00. The van der Waals surface area contributed by atoms with Gasteiger partial charge in [0.15, 0.2) is 0 Å². The van der Waals surface area contributed by atoms with Crippen molar-refractivity contribution in [3.8, 4) is 0 Å². The average molecular weight is 212 g/mol. The van der Waals surface area contributed by atoms with Crippen LogP contribution >= 0.6 is 0 Å². The van der Waals surface area contributed by atoms with E-state index in [4.69, 9.17) is 5.73 Å². The summed E-state index contributed by atoms with van der Waals surface area (Å²) in [6, 6.07) is 0.294. The Morgan fingerprint density at radius 3 is 2.60 bits per heavy atom. The molecule has 1 amide bonds. The fourth-order valence-electron chi connectivity index (χ4n) is 1.71. The first-order chi connectivity index (χ1) is 7.01. The van der Waals surface area contributed by atoms with Crippen LogP contribution in [0.1, 0.15) is 46.5 Å². The normalized spacial score (nSPS) is 21.9. The molecule has 0 spiro atoms. The van der Waals surface area contributed by atoms with Gasteiger partial charge in [-0.15, -0.1) is 0 Å². The quantitative estimate of drug-likeness (QED) is 0.703. The number of nitrogens with two attached hydrogens (primary N) is 1. The molecule has 15 heavy (non-hydrogen) atoms. The summed E-state index contributed by atoms with van der Waals surface area (Å²) in [5.74, 6) is 0.965. The molecule has 88 valence electrons. The van der Waals surface area contributed by atoms with Gasteiger partial charge < -0.3 is 11.1 Å². The Kier molecular flexibility index (Phi) is 4.14. The number of carbonyl (C=O) groups is 1. The van der Waals surface area contributed by atoms with E-state index in [1.165, 1.54) is 12.8 Å². The minimum absolute atomic E-state index is 0.112. The molecule has 1 saturated carbocycles. The molecule has 3 N–H and O–H groups in total. The lowest BCUT2D eigenvalue weighted by molar-refractivity contribution is -0.130. The summed E-state index contributed by atoms with van der Waals surface area (Å²) in [4.78, 5) is 11.9. The highest BCUT2D eigenvalue weighted by atomic mass is 16.2. The standard InChI is InChI=1S/C12H24N2O/c1-4-12(3,8-13)11(15)14-9(2)7-10-5-6-10/h9-10H,4-8,13H2,1-3H3,(H,14,15). The summed E-state index contributed by atoms with van der Waals surface area (Å²) < 4.78 is 0. The third kappa shape index (κ3) is 3.49. The Balaban J connectivity index is 2.37. The molecule has 3 heteroatoms. The Morgan fingerprint density at radius 2 is 2.20 bits per heavy atom. The molecular weight excluding hydrogens is 188 g/mol. The van der Waals surface area contributed by atoms with Gasteiger partial charge in [-0.1, -0.05) is 19.8 Å². The van der Waals surface area contributed by atoms with Gasteiger partial charge >= 0.3 is 0 Å². The van der Waals surface area contributed by atoms with Crippen molar-refractivity contribution in [2.75, 3.05) is 6.54 Å². The molecule has 2 atom stereocenters. The van der Waals surface area contributed by atoms with Crippen molar-refractivity contribution in [1.29, 1.82) is 0 Å². The first-order valence-electron chi connectivity index (χ1n) is 6.03. The maximum Gasteiger partial charge on any atom is 0.227 e. The van der Waals surface area contributed by atoms with Crippen LogP contribution in [0, 0.1) is 11.3 Å². The second-order valence-corrected chi connectivity index (χ2v) is 5.17. The second-order valence-electron chi connectivity index (χ2n) is 5.17. The van der Waals surface area contributed by atoms with Crippen LogP contribution in [0.25, 0.3) is 0 Å². The van der Waals surface area contributed by atoms with Crippen LogP contribution in [0.3, 0.4) is 0 Å². The van der Waals surface area contributed by atoms with Crippen LogP contribution in [0.4, 0.5) is 0 Å². The molecule has 3 nitrogen and oxygen atoms in total. The third-order valence-electron chi connectivity index (χ3n) is 3.54. The highest BCUT2D eigenvalue weighted by molar-refractivity contribution is 5.82. The molecule has 0 aromatic carbocycles. The van der Waals surface area contributed by atoms with E-state index >= 15 is 0 Å². The zero-order valence-corrected chi connectivity index (χ0v) is 10.2. The van der Waals surface area contributed by atoms with Crippen molar-refractivity contribution in [1.82, 2.24) is 5.32 Å². The highest BCUT2D eigenvalue weighted by Gasteiger charge is 2.31. The number of carbonyl (C=O) groups excluding carboxylic acids is 1. The van der Waals surface area contributed by atoms with E-state index in [0.717, 1.165) is 18.8 Å². The molecule has 0 saturated heterocycles. The highest BCUT2D eigenvalue weighted by Crippen LogP contribution is 2.33. The van der Waals surface area contributed by atoms with Crippen LogP contribution in [-0.4, -0.2) is 18.5 Å². The SMILES string of the molecule is CCC(C)(CN)C(=O)NC(C)CC1CC1. The van der Waals surface area contributed by atoms with E-state index in [0.29, 0.717) is 12.6 Å². The summed E-state index contributed by atoms with van der Waals surface area (Å²) in [5.41, 5.74) is 5.26. The van der Waals surface area contributed by atoms with Crippen LogP contribution in [-0.2, 0) is 4.79 Å². The lowest BCUT2D eigenvalue weighted by Crippen LogP contribution is -2.46. The van der Waals surface area contributed by atoms with Gasteiger partial charge in [-0.25, -0.2) is 0 Å². The minimum atomic E-state index is -0.391. The van der Waals surface area contributed by atoms with Gasteiger partial charge in [-0.05, 0) is 32.6 Å². The number of hydrogen-bond donors (Lipinski definition) is 2. The van der Waals surface area contributed by atoms with E-state index in [9.17, 15) is 4.79 Å². The maximum atomic E-state index is 11.9. The summed E-state index contributed by atoms with van der Waals surface area (Å²) >= 11 is 0. The van der Waals surface area contributed by atoms with Crippen molar-refractivity contribution in [2.24, 2.45) is 17.1 Å². The van der Waals surface area contributed by atoms with E-state index in [2.05, 4.69) is 12.2 Å². The molecule has 1 aliphatic rings. The van der Waals surface area contributed by atoms with Crippen LogP contribution in [0.15, 0.2) is 0 Å². The maximum absolute atomic E-state index is 11.9. The Morgan fingerprint density at radius 1 is 1.60 bits per heavy atom. The Bertz CT molecular complexity index is 220. The topological polar surface area (TPSA) is 55.1 Å². The van der Waals surface area contributed by atoms with Crippen molar-refractivity contribution in [2.45, 2.75) is 52.5 Å². The molecule has 0 aliphatic heterocycles. The number of amides is 1. The van der Waals surface area contributed by atoms with Crippen LogP contribution in [0.5, 0.6) is 0 Å². The van der Waals surface area contributed by atoms with Crippen molar-refractivity contribution in [3.63, 3.8) is 0 Å². The lowest BCUT2D eigenvalue weighted by Gasteiger charge is -2.27. The summed E-state index contributed by atoms with van der Waals surface area (Å²) in [5, 5.41) is 3.07. The van der Waals surface area contributed by atoms with Gasteiger partial charge in [0.05, 0.1) is 5.41 Å². The fraction of sp³-hybridized carbons (Fsp3) is 0.917. The summed E-state index contributed by atoms with van der Waals surface area (Å²) in [6.45, 7) is 6.46. The predicted octanol–water partition coefficient (Wildman–Crippen LogP) is 1.67. The number of nitrogens with one attached hydrogen (secondary N) is 1. The first-order valence-corrected chi connectivity index (χ1v) is 6.03. The van der Waals surface area contributed by atoms with Gasteiger partial charge in [0.25, 0.3) is 0 Å². The molecule has 0 heterocycles. The van der Waals surface area contributed by atoms with Gasteiger partial charge in [0, 0.05) is 12.6 Å². The number of rotatable bonds is 6. The fourth-order valence-corrected chi connectivity index (χ4v) is 1.71. The van der Waals surface area contributed by atoms with Gasteiger partial charge in [-0.2, -0.15) is 0 Å². The zero-order valence-electron chi connectivity index (χ0n) is 10.2. The predicted molar refractivity (Wildman–Crippen MR) is 62.4 cm³/mol. The second kappa shape index (κ2) is 4.97. The van der Waals surface area contributed by atoms with Gasteiger partial charge in [0.2, 0.25) is 5.91 Å². The largest absolute Gasteiger partial charge is 0.353 e. The van der Waals surface area contributed by atoms with Crippen molar-refractivity contribution >= 4 is 5.91 Å². The van der Waals surface area contributed by atoms with E-state index < -0.39 is 5.41 Å².